The molecule has 0 aromatic heterocycles. The summed E-state index contributed by atoms with van der Waals surface area (Å²) >= 11 is 0. The number of sulfonamides is 1. The van der Waals surface area contributed by atoms with Gasteiger partial charge < -0.3 is 5.32 Å². The van der Waals surface area contributed by atoms with E-state index in [1.165, 1.54) is 0 Å². The van der Waals surface area contributed by atoms with Crippen LogP contribution in [0.3, 0.4) is 0 Å². The molecule has 2 aromatic rings. The molecule has 0 aliphatic heterocycles. The smallest absolute Gasteiger partial charge is 0.352 e. The van der Waals surface area contributed by atoms with Crippen molar-refractivity contribution in [3.05, 3.63) is 65.2 Å². The summed E-state index contributed by atoms with van der Waals surface area (Å²) < 4.78 is 64.2. The van der Waals surface area contributed by atoms with E-state index in [9.17, 15) is 26.4 Å². The molecule has 0 aliphatic carbocycles. The molecule has 0 saturated carbocycles. The van der Waals surface area contributed by atoms with Gasteiger partial charge in [-0.3, -0.25) is 4.79 Å². The number of amides is 1. The molecule has 0 unspecified atom stereocenters. The lowest BCUT2D eigenvalue weighted by molar-refractivity contribution is -0.137. The van der Waals surface area contributed by atoms with Gasteiger partial charge in [-0.1, -0.05) is 12.1 Å². The molecule has 2 aromatic carbocycles. The normalized spacial score (nSPS) is 12.0. The van der Waals surface area contributed by atoms with Gasteiger partial charge in [0.2, 0.25) is 10.0 Å². The van der Waals surface area contributed by atoms with Crippen LogP contribution in [0.1, 0.15) is 28.4 Å². The molecule has 0 spiro atoms. The molecule has 0 heterocycles. The maximum absolute atomic E-state index is 12.5. The fraction of sp³-hybridized carbons (Fsp3) is 0.235. The van der Waals surface area contributed by atoms with Crippen molar-refractivity contribution in [3.8, 4) is 0 Å². The summed E-state index contributed by atoms with van der Waals surface area (Å²) in [4.78, 5) is 11.4. The number of carbonyl (C=O) groups excluding carboxylic acids is 1. The highest BCUT2D eigenvalue weighted by Gasteiger charge is 2.30. The van der Waals surface area contributed by atoms with Crippen molar-refractivity contribution in [2.24, 2.45) is 0 Å². The molecule has 0 saturated heterocycles. The SMILES string of the molecule is CCNC(=O)c1ccc(CNS(=O)(=O)c2ccc(C(F)(F)F)cc2)cc1. The Balaban J connectivity index is 2.05. The predicted octanol–water partition coefficient (Wildman–Crippen LogP) is 2.93. The summed E-state index contributed by atoms with van der Waals surface area (Å²) in [5.74, 6) is -0.232. The summed E-state index contributed by atoms with van der Waals surface area (Å²) in [5, 5.41) is 2.64. The van der Waals surface area contributed by atoms with Gasteiger partial charge in [-0.2, -0.15) is 13.2 Å². The third-order valence-corrected chi connectivity index (χ3v) is 4.93. The largest absolute Gasteiger partial charge is 0.416 e. The maximum Gasteiger partial charge on any atom is 0.416 e. The lowest BCUT2D eigenvalue weighted by Crippen LogP contribution is -2.24. The molecule has 0 atom stereocenters. The number of hydrogen-bond acceptors (Lipinski definition) is 3. The highest BCUT2D eigenvalue weighted by molar-refractivity contribution is 7.89. The molecular weight excluding hydrogens is 369 g/mol. The van der Waals surface area contributed by atoms with E-state index in [1.54, 1.807) is 31.2 Å². The molecule has 0 aliphatic rings. The lowest BCUT2D eigenvalue weighted by Gasteiger charge is -2.10. The van der Waals surface area contributed by atoms with Crippen molar-refractivity contribution in [1.82, 2.24) is 10.0 Å². The van der Waals surface area contributed by atoms with Crippen LogP contribution < -0.4 is 10.0 Å². The van der Waals surface area contributed by atoms with Gasteiger partial charge in [0.15, 0.2) is 0 Å². The minimum atomic E-state index is -4.53. The highest BCUT2D eigenvalue weighted by Crippen LogP contribution is 2.29. The number of nitrogens with one attached hydrogen (secondary N) is 2. The Morgan fingerprint density at radius 3 is 2.08 bits per heavy atom. The van der Waals surface area contributed by atoms with Gasteiger partial charge in [-0.15, -0.1) is 0 Å². The Kier molecular flexibility index (Phi) is 6.04. The van der Waals surface area contributed by atoms with Crippen molar-refractivity contribution in [2.75, 3.05) is 6.54 Å². The third kappa shape index (κ3) is 5.06. The van der Waals surface area contributed by atoms with E-state index in [0.29, 0.717) is 17.7 Å². The second-order valence-electron chi connectivity index (χ2n) is 5.40. The van der Waals surface area contributed by atoms with Crippen LogP contribution in [0, 0.1) is 0 Å². The Labute approximate surface area is 149 Å². The van der Waals surface area contributed by atoms with Crippen LogP contribution in [-0.4, -0.2) is 20.9 Å². The fourth-order valence-corrected chi connectivity index (χ4v) is 3.14. The maximum atomic E-state index is 12.5. The monoisotopic (exact) mass is 386 g/mol. The predicted molar refractivity (Wildman–Crippen MR) is 89.9 cm³/mol. The van der Waals surface area contributed by atoms with Crippen molar-refractivity contribution >= 4 is 15.9 Å². The van der Waals surface area contributed by atoms with Crippen molar-refractivity contribution in [3.63, 3.8) is 0 Å². The van der Waals surface area contributed by atoms with Gasteiger partial charge in [0.05, 0.1) is 10.5 Å². The average Bonchev–Trinajstić information content (AvgIpc) is 2.60. The molecule has 9 heteroatoms. The summed E-state index contributed by atoms with van der Waals surface area (Å²) in [6.45, 7) is 2.23. The molecule has 5 nitrogen and oxygen atoms in total. The Morgan fingerprint density at radius 1 is 1.00 bits per heavy atom. The Bertz CT molecular complexity index is 862. The first kappa shape index (κ1) is 19.9. The summed E-state index contributed by atoms with van der Waals surface area (Å²) in [6, 6.07) is 9.57. The van der Waals surface area contributed by atoms with Crippen LogP contribution in [0.4, 0.5) is 13.2 Å². The summed E-state index contributed by atoms with van der Waals surface area (Å²) in [7, 11) is -3.95. The molecule has 0 fully saturated rings. The van der Waals surface area contributed by atoms with E-state index in [1.807, 2.05) is 0 Å². The number of carbonyl (C=O) groups is 1. The Hall–Kier alpha value is -2.39. The fourth-order valence-electron chi connectivity index (χ4n) is 2.12. The number of alkyl halides is 3. The minimum absolute atomic E-state index is 0.0565. The van der Waals surface area contributed by atoms with E-state index in [2.05, 4.69) is 10.0 Å². The van der Waals surface area contributed by atoms with Crippen LogP contribution in [0.5, 0.6) is 0 Å². The van der Waals surface area contributed by atoms with Gasteiger partial charge in [0.1, 0.15) is 0 Å². The van der Waals surface area contributed by atoms with Crippen LogP contribution in [0.25, 0.3) is 0 Å². The number of halogens is 3. The van der Waals surface area contributed by atoms with Gasteiger partial charge in [0, 0.05) is 18.7 Å². The summed E-state index contributed by atoms with van der Waals surface area (Å²) in [6.07, 6.45) is -4.53. The minimum Gasteiger partial charge on any atom is -0.352 e. The zero-order chi connectivity index (χ0) is 19.4. The number of benzene rings is 2. The quantitative estimate of drug-likeness (QED) is 0.802. The van der Waals surface area contributed by atoms with Gasteiger partial charge >= 0.3 is 6.18 Å². The molecule has 140 valence electrons. The highest BCUT2D eigenvalue weighted by atomic mass is 32.2. The van der Waals surface area contributed by atoms with Crippen molar-refractivity contribution in [2.45, 2.75) is 24.5 Å². The molecule has 0 bridgehead atoms. The second-order valence-corrected chi connectivity index (χ2v) is 7.17. The van der Waals surface area contributed by atoms with E-state index in [4.69, 9.17) is 0 Å². The van der Waals surface area contributed by atoms with Gasteiger partial charge in [-0.05, 0) is 48.9 Å². The molecule has 26 heavy (non-hydrogen) atoms. The Morgan fingerprint density at radius 2 is 1.58 bits per heavy atom. The number of hydrogen-bond donors (Lipinski definition) is 2. The first-order valence-corrected chi connectivity index (χ1v) is 9.16. The molecule has 2 rings (SSSR count). The van der Waals surface area contributed by atoms with E-state index < -0.39 is 21.8 Å². The van der Waals surface area contributed by atoms with Gasteiger partial charge in [0.25, 0.3) is 5.91 Å². The van der Waals surface area contributed by atoms with Crippen molar-refractivity contribution < 1.29 is 26.4 Å². The van der Waals surface area contributed by atoms with Crippen LogP contribution in [0.15, 0.2) is 53.4 Å². The first-order valence-electron chi connectivity index (χ1n) is 7.67. The zero-order valence-electron chi connectivity index (χ0n) is 13.8. The second kappa shape index (κ2) is 7.88. The summed E-state index contributed by atoms with van der Waals surface area (Å²) in [5.41, 5.74) is 0.132. The van der Waals surface area contributed by atoms with Crippen LogP contribution >= 0.6 is 0 Å². The van der Waals surface area contributed by atoms with E-state index >= 15 is 0 Å². The molecule has 0 radical (unpaired) electrons. The lowest BCUT2D eigenvalue weighted by atomic mass is 10.1. The topological polar surface area (TPSA) is 75.3 Å². The van der Waals surface area contributed by atoms with Crippen molar-refractivity contribution in [1.29, 1.82) is 0 Å². The standard InChI is InChI=1S/C17H17F3N2O3S/c1-2-21-16(23)13-5-3-12(4-6-13)11-22-26(24,25)15-9-7-14(8-10-15)17(18,19)20/h3-10,22H,2,11H2,1H3,(H,21,23). The van der Waals surface area contributed by atoms with Crippen LogP contribution in [0.2, 0.25) is 0 Å². The van der Waals surface area contributed by atoms with E-state index in [0.717, 1.165) is 24.3 Å². The van der Waals surface area contributed by atoms with E-state index in [-0.39, 0.29) is 17.3 Å². The number of rotatable bonds is 6. The molecule has 1 amide bonds. The molecule has 2 N–H and O–H groups in total. The average molecular weight is 386 g/mol. The molecular formula is C17H17F3N2O3S. The van der Waals surface area contributed by atoms with Crippen LogP contribution in [-0.2, 0) is 22.7 Å². The first-order chi connectivity index (χ1) is 12.1. The third-order valence-electron chi connectivity index (χ3n) is 3.51. The zero-order valence-corrected chi connectivity index (χ0v) is 14.6. The van der Waals surface area contributed by atoms with Gasteiger partial charge in [-0.25, -0.2) is 13.1 Å².